The number of nitrogens with two attached hydrogens (primary N) is 1. The number of carbonyl (C=O) groups is 1. The largest absolute Gasteiger partial charge is 0.369 e. The summed E-state index contributed by atoms with van der Waals surface area (Å²) in [6.07, 6.45) is 1.83. The third-order valence-electron chi connectivity index (χ3n) is 3.47. The summed E-state index contributed by atoms with van der Waals surface area (Å²) in [6.45, 7) is 4.21. The standard InChI is InChI=1S/C15H22N2O2/c1-12-4-2-5-13(8-12)9-17-14(6-3-7-16)10-19-11-15(17)18/h2,4-5,8,14H,3,6-7,9-11,16H2,1H3. The number of aryl methyl sites for hydroxylation is 1. The molecule has 1 atom stereocenters. The van der Waals surface area contributed by atoms with Crippen molar-refractivity contribution < 1.29 is 9.53 Å². The monoisotopic (exact) mass is 262 g/mol. The van der Waals surface area contributed by atoms with Crippen molar-refractivity contribution >= 4 is 5.91 Å². The first-order valence-electron chi connectivity index (χ1n) is 6.83. The molecule has 19 heavy (non-hydrogen) atoms. The molecule has 1 unspecified atom stereocenters. The molecule has 0 saturated carbocycles. The molecule has 1 amide bonds. The molecule has 1 aromatic rings. The van der Waals surface area contributed by atoms with Crippen molar-refractivity contribution in [3.05, 3.63) is 35.4 Å². The van der Waals surface area contributed by atoms with Gasteiger partial charge in [0, 0.05) is 6.54 Å². The fourth-order valence-electron chi connectivity index (χ4n) is 2.48. The summed E-state index contributed by atoms with van der Waals surface area (Å²) >= 11 is 0. The third kappa shape index (κ3) is 3.78. The number of benzene rings is 1. The summed E-state index contributed by atoms with van der Waals surface area (Å²) < 4.78 is 5.35. The number of rotatable bonds is 5. The van der Waals surface area contributed by atoms with E-state index in [0.29, 0.717) is 19.7 Å². The molecule has 4 heteroatoms. The van der Waals surface area contributed by atoms with Gasteiger partial charge in [0.15, 0.2) is 0 Å². The maximum atomic E-state index is 12.0. The lowest BCUT2D eigenvalue weighted by Crippen LogP contribution is -2.48. The van der Waals surface area contributed by atoms with Gasteiger partial charge < -0.3 is 15.4 Å². The van der Waals surface area contributed by atoms with Gasteiger partial charge in [-0.25, -0.2) is 0 Å². The molecule has 2 rings (SSSR count). The highest BCUT2D eigenvalue weighted by atomic mass is 16.5. The molecule has 0 aromatic heterocycles. The van der Waals surface area contributed by atoms with E-state index in [0.717, 1.165) is 12.8 Å². The maximum Gasteiger partial charge on any atom is 0.249 e. The predicted octanol–water partition coefficient (Wildman–Crippen LogP) is 1.46. The highest BCUT2D eigenvalue weighted by molar-refractivity contribution is 5.78. The molecule has 1 aromatic carbocycles. The molecule has 1 aliphatic rings. The Morgan fingerprint density at radius 3 is 3.05 bits per heavy atom. The van der Waals surface area contributed by atoms with Crippen LogP contribution in [0.2, 0.25) is 0 Å². The molecule has 0 bridgehead atoms. The van der Waals surface area contributed by atoms with Gasteiger partial charge in [0.05, 0.1) is 12.6 Å². The van der Waals surface area contributed by atoms with Crippen LogP contribution in [0.5, 0.6) is 0 Å². The van der Waals surface area contributed by atoms with Crippen molar-refractivity contribution in [1.82, 2.24) is 4.90 Å². The zero-order chi connectivity index (χ0) is 13.7. The third-order valence-corrected chi connectivity index (χ3v) is 3.47. The minimum atomic E-state index is 0.0785. The molecule has 104 valence electrons. The number of hydrogen-bond donors (Lipinski definition) is 1. The normalized spacial score (nSPS) is 19.8. The molecule has 2 N–H and O–H groups in total. The summed E-state index contributed by atoms with van der Waals surface area (Å²) in [4.78, 5) is 14.0. The molecule has 0 radical (unpaired) electrons. The quantitative estimate of drug-likeness (QED) is 0.874. The van der Waals surface area contributed by atoms with E-state index in [9.17, 15) is 4.79 Å². The summed E-state index contributed by atoms with van der Waals surface area (Å²) in [5.74, 6) is 0.0785. The molecular formula is C15H22N2O2. The predicted molar refractivity (Wildman–Crippen MR) is 74.6 cm³/mol. The lowest BCUT2D eigenvalue weighted by atomic mass is 10.1. The smallest absolute Gasteiger partial charge is 0.249 e. The zero-order valence-corrected chi connectivity index (χ0v) is 11.5. The van der Waals surface area contributed by atoms with Gasteiger partial charge in [0.1, 0.15) is 6.61 Å². The van der Waals surface area contributed by atoms with Crippen LogP contribution in [0.15, 0.2) is 24.3 Å². The number of amides is 1. The van der Waals surface area contributed by atoms with Crippen molar-refractivity contribution in [2.45, 2.75) is 32.4 Å². The molecule has 0 spiro atoms. The Morgan fingerprint density at radius 2 is 2.32 bits per heavy atom. The van der Waals surface area contributed by atoms with E-state index >= 15 is 0 Å². The topological polar surface area (TPSA) is 55.6 Å². The zero-order valence-electron chi connectivity index (χ0n) is 11.5. The van der Waals surface area contributed by atoms with Crippen molar-refractivity contribution in [2.24, 2.45) is 5.73 Å². The lowest BCUT2D eigenvalue weighted by molar-refractivity contribution is -0.149. The van der Waals surface area contributed by atoms with Crippen LogP contribution in [-0.4, -0.2) is 36.6 Å². The molecule has 1 aliphatic heterocycles. The number of carbonyl (C=O) groups excluding carboxylic acids is 1. The van der Waals surface area contributed by atoms with E-state index in [4.69, 9.17) is 10.5 Å². The number of hydrogen-bond acceptors (Lipinski definition) is 3. The van der Waals surface area contributed by atoms with Gasteiger partial charge in [-0.05, 0) is 31.9 Å². The van der Waals surface area contributed by atoms with Crippen LogP contribution < -0.4 is 5.73 Å². The van der Waals surface area contributed by atoms with Crippen molar-refractivity contribution in [2.75, 3.05) is 19.8 Å². The summed E-state index contributed by atoms with van der Waals surface area (Å²) in [5, 5.41) is 0. The van der Waals surface area contributed by atoms with Gasteiger partial charge in [-0.15, -0.1) is 0 Å². The molecule has 1 saturated heterocycles. The second-order valence-electron chi connectivity index (χ2n) is 5.11. The van der Waals surface area contributed by atoms with Crippen molar-refractivity contribution in [3.63, 3.8) is 0 Å². The molecular weight excluding hydrogens is 240 g/mol. The molecule has 1 fully saturated rings. The van der Waals surface area contributed by atoms with Gasteiger partial charge >= 0.3 is 0 Å². The minimum absolute atomic E-state index is 0.0785. The number of ether oxygens (including phenoxy) is 1. The molecule has 4 nitrogen and oxygen atoms in total. The van der Waals surface area contributed by atoms with E-state index in [1.807, 2.05) is 11.0 Å². The van der Waals surface area contributed by atoms with E-state index in [1.54, 1.807) is 0 Å². The fraction of sp³-hybridized carbons (Fsp3) is 0.533. The highest BCUT2D eigenvalue weighted by Crippen LogP contribution is 2.17. The average Bonchev–Trinajstić information content (AvgIpc) is 2.39. The van der Waals surface area contributed by atoms with Crippen molar-refractivity contribution in [3.8, 4) is 0 Å². The minimum Gasteiger partial charge on any atom is -0.369 e. The fourth-order valence-corrected chi connectivity index (χ4v) is 2.48. The Hall–Kier alpha value is -1.39. The highest BCUT2D eigenvalue weighted by Gasteiger charge is 2.28. The Morgan fingerprint density at radius 1 is 1.47 bits per heavy atom. The average molecular weight is 262 g/mol. The van der Waals surface area contributed by atoms with Crippen LogP contribution in [0.25, 0.3) is 0 Å². The summed E-state index contributed by atoms with van der Waals surface area (Å²) in [6, 6.07) is 8.45. The summed E-state index contributed by atoms with van der Waals surface area (Å²) in [7, 11) is 0. The van der Waals surface area contributed by atoms with Gasteiger partial charge in [-0.1, -0.05) is 29.8 Å². The van der Waals surface area contributed by atoms with Crippen LogP contribution in [0, 0.1) is 6.92 Å². The van der Waals surface area contributed by atoms with E-state index in [2.05, 4.69) is 25.1 Å². The van der Waals surface area contributed by atoms with E-state index in [-0.39, 0.29) is 18.6 Å². The van der Waals surface area contributed by atoms with E-state index < -0.39 is 0 Å². The van der Waals surface area contributed by atoms with Gasteiger partial charge in [-0.3, -0.25) is 4.79 Å². The van der Waals surface area contributed by atoms with Crippen LogP contribution in [0.1, 0.15) is 24.0 Å². The maximum absolute atomic E-state index is 12.0. The first-order valence-corrected chi connectivity index (χ1v) is 6.83. The first kappa shape index (κ1) is 14.0. The number of nitrogens with zero attached hydrogens (tertiary/aromatic N) is 1. The van der Waals surface area contributed by atoms with Crippen molar-refractivity contribution in [1.29, 1.82) is 0 Å². The Labute approximate surface area is 114 Å². The Bertz CT molecular complexity index is 434. The second kappa shape index (κ2) is 6.68. The van der Waals surface area contributed by atoms with Crippen LogP contribution in [0.4, 0.5) is 0 Å². The first-order chi connectivity index (χ1) is 9.20. The summed E-state index contributed by atoms with van der Waals surface area (Å²) in [5.41, 5.74) is 7.95. The number of morpholine rings is 1. The van der Waals surface area contributed by atoms with Crippen LogP contribution in [-0.2, 0) is 16.1 Å². The van der Waals surface area contributed by atoms with Crippen LogP contribution >= 0.6 is 0 Å². The Balaban J connectivity index is 2.06. The van der Waals surface area contributed by atoms with Gasteiger partial charge in [0.2, 0.25) is 5.91 Å². The van der Waals surface area contributed by atoms with Gasteiger partial charge in [-0.2, -0.15) is 0 Å². The van der Waals surface area contributed by atoms with Gasteiger partial charge in [0.25, 0.3) is 0 Å². The molecule has 0 aliphatic carbocycles. The Kier molecular flexibility index (Phi) is 4.93. The molecule has 1 heterocycles. The second-order valence-corrected chi connectivity index (χ2v) is 5.11. The van der Waals surface area contributed by atoms with E-state index in [1.165, 1.54) is 11.1 Å². The lowest BCUT2D eigenvalue weighted by Gasteiger charge is -2.35. The van der Waals surface area contributed by atoms with Crippen LogP contribution in [0.3, 0.4) is 0 Å². The SMILES string of the molecule is Cc1cccc(CN2C(=O)COCC2CCCN)c1.